The van der Waals surface area contributed by atoms with E-state index in [9.17, 15) is 0 Å². The van der Waals surface area contributed by atoms with Gasteiger partial charge in [-0.25, -0.2) is 4.98 Å². The van der Waals surface area contributed by atoms with Crippen LogP contribution in [0.3, 0.4) is 0 Å². The van der Waals surface area contributed by atoms with Gasteiger partial charge in [-0.2, -0.15) is 0 Å². The maximum absolute atomic E-state index is 5.89. The second kappa shape index (κ2) is 7.11. The summed E-state index contributed by atoms with van der Waals surface area (Å²) in [6, 6.07) is 3.91. The first-order chi connectivity index (χ1) is 8.81. The number of pyridine rings is 1. The minimum atomic E-state index is -0.141. The average Bonchev–Trinajstić information content (AvgIpc) is 2.33. The maximum Gasteiger partial charge on any atom is 0.213 e. The van der Waals surface area contributed by atoms with Gasteiger partial charge in [-0.1, -0.05) is 13.8 Å². The molecule has 4 heteroatoms. The van der Waals surface area contributed by atoms with Crippen molar-refractivity contribution >= 4 is 11.6 Å². The lowest BCUT2D eigenvalue weighted by atomic mass is 10.1. The van der Waals surface area contributed by atoms with E-state index in [4.69, 9.17) is 21.1 Å². The average molecular weight is 286 g/mol. The summed E-state index contributed by atoms with van der Waals surface area (Å²) in [6.07, 6.45) is 0. The standard InChI is InChI=1S/C15H24ClNO2/c1-11(2)13-8-12(10-16)9-14(17-13)18-6-7-19-15(3,4)5/h8-9,11H,6-7,10H2,1-5H3. The molecular weight excluding hydrogens is 262 g/mol. The zero-order valence-corrected chi connectivity index (χ0v) is 13.3. The Hall–Kier alpha value is -0.800. The van der Waals surface area contributed by atoms with Gasteiger partial charge in [0.25, 0.3) is 0 Å². The highest BCUT2D eigenvalue weighted by Gasteiger charge is 2.10. The van der Waals surface area contributed by atoms with E-state index in [-0.39, 0.29) is 5.60 Å². The first-order valence-corrected chi connectivity index (χ1v) is 7.19. The van der Waals surface area contributed by atoms with Crippen molar-refractivity contribution in [2.45, 2.75) is 52.0 Å². The highest BCUT2D eigenvalue weighted by Crippen LogP contribution is 2.20. The third-order valence-corrected chi connectivity index (χ3v) is 2.80. The number of ether oxygens (including phenoxy) is 2. The minimum absolute atomic E-state index is 0.141. The zero-order chi connectivity index (χ0) is 14.5. The van der Waals surface area contributed by atoms with Crippen molar-refractivity contribution in [1.82, 2.24) is 4.98 Å². The third kappa shape index (κ3) is 6.26. The first kappa shape index (κ1) is 16.3. The molecule has 0 saturated carbocycles. The smallest absolute Gasteiger partial charge is 0.213 e. The largest absolute Gasteiger partial charge is 0.475 e. The lowest BCUT2D eigenvalue weighted by Gasteiger charge is -2.19. The number of nitrogens with zero attached hydrogens (tertiary/aromatic N) is 1. The molecule has 1 aromatic heterocycles. The van der Waals surface area contributed by atoms with Crippen LogP contribution < -0.4 is 4.74 Å². The van der Waals surface area contributed by atoms with Crippen LogP contribution in [0.15, 0.2) is 12.1 Å². The van der Waals surface area contributed by atoms with E-state index in [1.54, 1.807) is 0 Å². The predicted molar refractivity (Wildman–Crippen MR) is 79.1 cm³/mol. The van der Waals surface area contributed by atoms with Crippen LogP contribution in [-0.2, 0) is 10.6 Å². The molecule has 0 unspecified atom stereocenters. The quantitative estimate of drug-likeness (QED) is 0.581. The molecule has 0 amide bonds. The Balaban J connectivity index is 2.60. The molecule has 0 radical (unpaired) electrons. The lowest BCUT2D eigenvalue weighted by molar-refractivity contribution is -0.0168. The van der Waals surface area contributed by atoms with E-state index in [1.807, 2.05) is 32.9 Å². The third-order valence-electron chi connectivity index (χ3n) is 2.50. The van der Waals surface area contributed by atoms with Crippen LogP contribution in [0, 0.1) is 0 Å². The molecule has 0 spiro atoms. The minimum Gasteiger partial charge on any atom is -0.475 e. The highest BCUT2D eigenvalue weighted by molar-refractivity contribution is 6.17. The van der Waals surface area contributed by atoms with Gasteiger partial charge < -0.3 is 9.47 Å². The monoisotopic (exact) mass is 285 g/mol. The van der Waals surface area contributed by atoms with E-state index in [1.165, 1.54) is 0 Å². The molecule has 0 fully saturated rings. The van der Waals surface area contributed by atoms with Gasteiger partial charge in [0.1, 0.15) is 6.61 Å². The summed E-state index contributed by atoms with van der Waals surface area (Å²) < 4.78 is 11.2. The fourth-order valence-electron chi connectivity index (χ4n) is 1.52. The molecule has 0 saturated heterocycles. The number of rotatable bonds is 6. The van der Waals surface area contributed by atoms with Crippen LogP contribution in [0.2, 0.25) is 0 Å². The molecule has 1 heterocycles. The SMILES string of the molecule is CC(C)c1cc(CCl)cc(OCCOC(C)(C)C)n1. The molecule has 0 aromatic carbocycles. The van der Waals surface area contributed by atoms with E-state index in [2.05, 4.69) is 18.8 Å². The lowest BCUT2D eigenvalue weighted by Crippen LogP contribution is -2.22. The summed E-state index contributed by atoms with van der Waals surface area (Å²) in [5.74, 6) is 1.45. The van der Waals surface area contributed by atoms with Gasteiger partial charge in [-0.3, -0.25) is 0 Å². The van der Waals surface area contributed by atoms with Crippen LogP contribution in [0.5, 0.6) is 5.88 Å². The molecule has 19 heavy (non-hydrogen) atoms. The van der Waals surface area contributed by atoms with E-state index in [0.717, 1.165) is 11.3 Å². The van der Waals surface area contributed by atoms with Crippen molar-refractivity contribution in [2.24, 2.45) is 0 Å². The molecule has 0 atom stereocenters. The molecule has 0 aliphatic carbocycles. The summed E-state index contributed by atoms with van der Waals surface area (Å²) in [6.45, 7) is 11.3. The summed E-state index contributed by atoms with van der Waals surface area (Å²) in [7, 11) is 0. The van der Waals surface area contributed by atoms with E-state index >= 15 is 0 Å². The first-order valence-electron chi connectivity index (χ1n) is 6.65. The fourth-order valence-corrected chi connectivity index (χ4v) is 1.68. The predicted octanol–water partition coefficient (Wildman–Crippen LogP) is 4.14. The van der Waals surface area contributed by atoms with E-state index in [0.29, 0.717) is 30.9 Å². The van der Waals surface area contributed by atoms with Crippen molar-refractivity contribution in [2.75, 3.05) is 13.2 Å². The van der Waals surface area contributed by atoms with Gasteiger partial charge in [-0.05, 0) is 38.3 Å². The molecule has 0 bridgehead atoms. The van der Waals surface area contributed by atoms with Gasteiger partial charge in [-0.15, -0.1) is 11.6 Å². The number of hydrogen-bond donors (Lipinski definition) is 0. The Labute approximate surface area is 121 Å². The van der Waals surface area contributed by atoms with Crippen molar-refractivity contribution in [3.63, 3.8) is 0 Å². The highest BCUT2D eigenvalue weighted by atomic mass is 35.5. The molecular formula is C15H24ClNO2. The molecule has 1 aromatic rings. The normalized spacial score (nSPS) is 11.9. The Morgan fingerprint density at radius 2 is 1.89 bits per heavy atom. The Bertz CT molecular complexity index is 400. The van der Waals surface area contributed by atoms with Crippen LogP contribution >= 0.6 is 11.6 Å². The van der Waals surface area contributed by atoms with Crippen LogP contribution in [0.4, 0.5) is 0 Å². The van der Waals surface area contributed by atoms with Crippen molar-refractivity contribution in [3.05, 3.63) is 23.4 Å². The Kier molecular flexibility index (Phi) is 6.08. The topological polar surface area (TPSA) is 31.4 Å². The number of hydrogen-bond acceptors (Lipinski definition) is 3. The summed E-state index contributed by atoms with van der Waals surface area (Å²) in [4.78, 5) is 4.48. The number of halogens is 1. The molecule has 108 valence electrons. The molecule has 1 rings (SSSR count). The summed E-state index contributed by atoms with van der Waals surface area (Å²) in [5, 5.41) is 0. The number of aromatic nitrogens is 1. The van der Waals surface area contributed by atoms with Gasteiger partial charge in [0, 0.05) is 17.6 Å². The second-order valence-electron chi connectivity index (χ2n) is 5.84. The number of alkyl halides is 1. The van der Waals surface area contributed by atoms with Crippen molar-refractivity contribution in [3.8, 4) is 5.88 Å². The van der Waals surface area contributed by atoms with Gasteiger partial charge >= 0.3 is 0 Å². The van der Waals surface area contributed by atoms with Gasteiger partial charge in [0.15, 0.2) is 0 Å². The molecule has 0 aliphatic heterocycles. The van der Waals surface area contributed by atoms with E-state index < -0.39 is 0 Å². The fraction of sp³-hybridized carbons (Fsp3) is 0.667. The van der Waals surface area contributed by atoms with Crippen LogP contribution in [-0.4, -0.2) is 23.8 Å². The van der Waals surface area contributed by atoms with Crippen molar-refractivity contribution in [1.29, 1.82) is 0 Å². The Morgan fingerprint density at radius 1 is 1.21 bits per heavy atom. The molecule has 0 N–H and O–H groups in total. The second-order valence-corrected chi connectivity index (χ2v) is 6.10. The van der Waals surface area contributed by atoms with Crippen LogP contribution in [0.1, 0.15) is 51.8 Å². The van der Waals surface area contributed by atoms with Crippen molar-refractivity contribution < 1.29 is 9.47 Å². The molecule has 0 aliphatic rings. The summed E-state index contributed by atoms with van der Waals surface area (Å²) >= 11 is 5.89. The van der Waals surface area contributed by atoms with Gasteiger partial charge in [0.2, 0.25) is 5.88 Å². The van der Waals surface area contributed by atoms with Gasteiger partial charge in [0.05, 0.1) is 12.2 Å². The summed E-state index contributed by atoms with van der Waals surface area (Å²) in [5.41, 5.74) is 1.90. The maximum atomic E-state index is 5.89. The van der Waals surface area contributed by atoms with Crippen LogP contribution in [0.25, 0.3) is 0 Å². The zero-order valence-electron chi connectivity index (χ0n) is 12.5. The Morgan fingerprint density at radius 3 is 2.42 bits per heavy atom. The molecule has 3 nitrogen and oxygen atoms in total.